The lowest BCUT2D eigenvalue weighted by Crippen LogP contribution is -2.52. The van der Waals surface area contributed by atoms with Gasteiger partial charge in [-0.1, -0.05) is 18.5 Å². The van der Waals surface area contributed by atoms with Crippen molar-refractivity contribution in [2.24, 2.45) is 0 Å². The molecule has 0 bridgehead atoms. The van der Waals surface area contributed by atoms with Gasteiger partial charge in [-0.15, -0.1) is 0 Å². The zero-order valence-electron chi connectivity index (χ0n) is 14.9. The molecule has 0 radical (unpaired) electrons. The largest absolute Gasteiger partial charge is 0.483 e. The Hall–Kier alpha value is -1.79. The van der Waals surface area contributed by atoms with Crippen LogP contribution in [0.25, 0.3) is 0 Å². The van der Waals surface area contributed by atoms with Gasteiger partial charge in [0.2, 0.25) is 5.91 Å². The van der Waals surface area contributed by atoms with Crippen molar-refractivity contribution in [2.75, 3.05) is 45.9 Å². The van der Waals surface area contributed by atoms with E-state index in [1.807, 2.05) is 19.9 Å². The molecule has 1 N–H and O–H groups in total. The highest BCUT2D eigenvalue weighted by Gasteiger charge is 2.22. The zero-order valence-corrected chi connectivity index (χ0v) is 15.6. The van der Waals surface area contributed by atoms with Gasteiger partial charge >= 0.3 is 0 Å². The number of piperazine rings is 1. The Morgan fingerprint density at radius 1 is 1.24 bits per heavy atom. The van der Waals surface area contributed by atoms with E-state index in [2.05, 4.69) is 10.2 Å². The molecule has 1 heterocycles. The fourth-order valence-corrected chi connectivity index (χ4v) is 2.91. The van der Waals surface area contributed by atoms with Crippen LogP contribution in [0.5, 0.6) is 5.75 Å². The first kappa shape index (κ1) is 19.5. The summed E-state index contributed by atoms with van der Waals surface area (Å²) in [6.07, 6.45) is 0.932. The lowest BCUT2D eigenvalue weighted by molar-refractivity contribution is -0.135. The number of benzene rings is 1. The average molecular weight is 368 g/mol. The summed E-state index contributed by atoms with van der Waals surface area (Å²) in [6, 6.07) is 5.33. The number of nitrogens with zero attached hydrogens (tertiary/aromatic N) is 2. The van der Waals surface area contributed by atoms with Gasteiger partial charge in [0.1, 0.15) is 5.75 Å². The SMILES string of the molecule is CCCNC(=O)CN1CCN(C(=O)COc2ccc(Cl)cc2C)CC1. The second-order valence-electron chi connectivity index (χ2n) is 6.21. The molecular weight excluding hydrogens is 342 g/mol. The number of aryl methyl sites for hydroxylation is 1. The summed E-state index contributed by atoms with van der Waals surface area (Å²) in [5.74, 6) is 0.677. The fraction of sp³-hybridized carbons (Fsp3) is 0.556. The maximum Gasteiger partial charge on any atom is 0.260 e. The van der Waals surface area contributed by atoms with E-state index in [9.17, 15) is 9.59 Å². The quantitative estimate of drug-likeness (QED) is 0.796. The summed E-state index contributed by atoms with van der Waals surface area (Å²) in [7, 11) is 0. The van der Waals surface area contributed by atoms with E-state index in [4.69, 9.17) is 16.3 Å². The Balaban J connectivity index is 1.73. The molecule has 1 fully saturated rings. The molecule has 0 unspecified atom stereocenters. The van der Waals surface area contributed by atoms with Crippen molar-refractivity contribution in [3.63, 3.8) is 0 Å². The van der Waals surface area contributed by atoms with Gasteiger partial charge in [-0.05, 0) is 37.1 Å². The van der Waals surface area contributed by atoms with Crippen LogP contribution in [0.15, 0.2) is 18.2 Å². The molecule has 1 aromatic carbocycles. The van der Waals surface area contributed by atoms with Crippen LogP contribution in [0.2, 0.25) is 5.02 Å². The van der Waals surface area contributed by atoms with Crippen LogP contribution in [0.4, 0.5) is 0 Å². The van der Waals surface area contributed by atoms with E-state index >= 15 is 0 Å². The number of amides is 2. The standard InChI is InChI=1S/C18H26ClN3O3/c1-3-6-20-17(23)12-21-7-9-22(10-8-21)18(24)13-25-16-5-4-15(19)11-14(16)2/h4-5,11H,3,6-10,12-13H2,1-2H3,(H,20,23). The smallest absolute Gasteiger partial charge is 0.260 e. The van der Waals surface area contributed by atoms with E-state index < -0.39 is 0 Å². The van der Waals surface area contributed by atoms with Crippen LogP contribution in [-0.2, 0) is 9.59 Å². The minimum atomic E-state index is -0.0376. The van der Waals surface area contributed by atoms with Gasteiger partial charge in [0.05, 0.1) is 6.54 Å². The first-order valence-electron chi connectivity index (χ1n) is 8.65. The molecule has 1 aromatic rings. The van der Waals surface area contributed by atoms with Gasteiger partial charge in [0, 0.05) is 37.7 Å². The Morgan fingerprint density at radius 3 is 2.60 bits per heavy atom. The molecule has 7 heteroatoms. The predicted molar refractivity (Wildman–Crippen MR) is 98.0 cm³/mol. The van der Waals surface area contributed by atoms with Gasteiger partial charge < -0.3 is 15.0 Å². The summed E-state index contributed by atoms with van der Waals surface area (Å²) < 4.78 is 5.61. The van der Waals surface area contributed by atoms with E-state index in [1.165, 1.54) is 0 Å². The summed E-state index contributed by atoms with van der Waals surface area (Å²) in [5.41, 5.74) is 0.906. The zero-order chi connectivity index (χ0) is 18.2. The van der Waals surface area contributed by atoms with E-state index in [1.54, 1.807) is 17.0 Å². The van der Waals surface area contributed by atoms with Gasteiger partial charge in [-0.3, -0.25) is 14.5 Å². The summed E-state index contributed by atoms with van der Waals surface area (Å²) >= 11 is 5.92. The molecule has 6 nitrogen and oxygen atoms in total. The summed E-state index contributed by atoms with van der Waals surface area (Å²) in [4.78, 5) is 27.9. The number of nitrogens with one attached hydrogen (secondary N) is 1. The molecule has 1 aliphatic rings. The molecule has 25 heavy (non-hydrogen) atoms. The maximum atomic E-state index is 12.3. The van der Waals surface area contributed by atoms with Crippen LogP contribution in [-0.4, -0.2) is 67.5 Å². The highest BCUT2D eigenvalue weighted by molar-refractivity contribution is 6.30. The normalized spacial score (nSPS) is 15.1. The van der Waals surface area contributed by atoms with Crippen molar-refractivity contribution < 1.29 is 14.3 Å². The second kappa shape index (κ2) is 9.63. The van der Waals surface area contributed by atoms with Crippen molar-refractivity contribution >= 4 is 23.4 Å². The molecule has 2 amide bonds. The number of carbonyl (C=O) groups excluding carboxylic acids is 2. The maximum absolute atomic E-state index is 12.3. The van der Waals surface area contributed by atoms with Crippen LogP contribution >= 0.6 is 11.6 Å². The molecule has 0 aliphatic carbocycles. The number of hydrogen-bond donors (Lipinski definition) is 1. The Morgan fingerprint density at radius 2 is 1.96 bits per heavy atom. The summed E-state index contributed by atoms with van der Waals surface area (Å²) in [5, 5.41) is 3.52. The molecule has 1 saturated heterocycles. The molecule has 1 aliphatic heterocycles. The monoisotopic (exact) mass is 367 g/mol. The van der Waals surface area contributed by atoms with Crippen LogP contribution in [0, 0.1) is 6.92 Å². The van der Waals surface area contributed by atoms with Crippen LogP contribution in [0.1, 0.15) is 18.9 Å². The molecule has 2 rings (SSSR count). The van der Waals surface area contributed by atoms with Crippen molar-refractivity contribution in [2.45, 2.75) is 20.3 Å². The topological polar surface area (TPSA) is 61.9 Å². The average Bonchev–Trinajstić information content (AvgIpc) is 2.59. The lowest BCUT2D eigenvalue weighted by Gasteiger charge is -2.34. The van der Waals surface area contributed by atoms with Crippen molar-refractivity contribution in [3.8, 4) is 5.75 Å². The Bertz CT molecular complexity index is 601. The van der Waals surface area contributed by atoms with E-state index in [-0.39, 0.29) is 18.4 Å². The molecule has 0 saturated carbocycles. The first-order chi connectivity index (χ1) is 12.0. The number of halogens is 1. The number of hydrogen-bond acceptors (Lipinski definition) is 4. The number of rotatable bonds is 7. The van der Waals surface area contributed by atoms with Gasteiger partial charge in [0.25, 0.3) is 5.91 Å². The highest BCUT2D eigenvalue weighted by Crippen LogP contribution is 2.21. The molecule has 0 aromatic heterocycles. The lowest BCUT2D eigenvalue weighted by atomic mass is 10.2. The Kier molecular flexibility index (Phi) is 7.52. The van der Waals surface area contributed by atoms with E-state index in [0.29, 0.717) is 50.0 Å². The minimum absolute atomic E-state index is 0.0134. The van der Waals surface area contributed by atoms with Crippen molar-refractivity contribution in [1.29, 1.82) is 0 Å². The van der Waals surface area contributed by atoms with Crippen LogP contribution in [0.3, 0.4) is 0 Å². The second-order valence-corrected chi connectivity index (χ2v) is 6.64. The van der Waals surface area contributed by atoms with Crippen molar-refractivity contribution in [3.05, 3.63) is 28.8 Å². The molecule has 0 atom stereocenters. The third-order valence-corrected chi connectivity index (χ3v) is 4.39. The molecular formula is C18H26ClN3O3. The van der Waals surface area contributed by atoms with Gasteiger partial charge in [-0.2, -0.15) is 0 Å². The third-order valence-electron chi connectivity index (χ3n) is 4.15. The van der Waals surface area contributed by atoms with E-state index in [0.717, 1.165) is 12.0 Å². The predicted octanol–water partition coefficient (Wildman–Crippen LogP) is 1.70. The fourth-order valence-electron chi connectivity index (χ4n) is 2.68. The number of ether oxygens (including phenoxy) is 1. The van der Waals surface area contributed by atoms with Crippen LogP contribution < -0.4 is 10.1 Å². The number of carbonyl (C=O) groups is 2. The van der Waals surface area contributed by atoms with Gasteiger partial charge in [-0.25, -0.2) is 0 Å². The van der Waals surface area contributed by atoms with Gasteiger partial charge in [0.15, 0.2) is 6.61 Å². The third kappa shape index (κ3) is 6.21. The Labute approximate surface area is 154 Å². The van der Waals surface area contributed by atoms with Crippen molar-refractivity contribution in [1.82, 2.24) is 15.1 Å². The molecule has 0 spiro atoms. The summed E-state index contributed by atoms with van der Waals surface area (Å²) in [6.45, 7) is 7.66. The minimum Gasteiger partial charge on any atom is -0.483 e. The molecule has 138 valence electrons. The highest BCUT2D eigenvalue weighted by atomic mass is 35.5. The first-order valence-corrected chi connectivity index (χ1v) is 9.03.